The van der Waals surface area contributed by atoms with Gasteiger partial charge in [0.15, 0.2) is 0 Å². The Morgan fingerprint density at radius 2 is 1.80 bits per heavy atom. The average Bonchev–Trinajstić information content (AvgIpc) is 2.68. The van der Waals surface area contributed by atoms with Gasteiger partial charge in [0, 0.05) is 18.8 Å². The number of hydrogen-bond acceptors (Lipinski definition) is 3. The number of rotatable bonds is 4. The fourth-order valence-corrected chi connectivity index (χ4v) is 1.92. The zero-order chi connectivity index (χ0) is 15.1. The van der Waals surface area contributed by atoms with Crippen molar-refractivity contribution in [2.24, 2.45) is 7.05 Å². The molecule has 0 fully saturated rings. The Kier molecular flexibility index (Phi) is 3.71. The maximum atomic E-state index is 10.3. The van der Waals surface area contributed by atoms with E-state index in [0.717, 1.165) is 10.9 Å². The molecule has 1 heterocycles. The molecule has 0 amide bonds. The maximum absolute atomic E-state index is 10.3. The molecule has 108 valence electrons. The van der Waals surface area contributed by atoms with Gasteiger partial charge in [-0.15, -0.1) is 0 Å². The number of aryl methyl sites for hydroxylation is 1. The van der Waals surface area contributed by atoms with Crippen molar-refractivity contribution in [3.63, 3.8) is 0 Å². The minimum atomic E-state index is -1.07. The van der Waals surface area contributed by atoms with Crippen LogP contribution < -0.4 is 5.46 Å². The molecule has 0 aliphatic heterocycles. The third-order valence-electron chi connectivity index (χ3n) is 4.08. The highest BCUT2D eigenvalue weighted by molar-refractivity contribution is 6.60. The molecule has 0 unspecified atom stereocenters. The van der Waals surface area contributed by atoms with E-state index in [9.17, 15) is 10.1 Å². The summed E-state index contributed by atoms with van der Waals surface area (Å²) in [5.41, 5.74) is -0.207. The van der Waals surface area contributed by atoms with Crippen LogP contribution in [0.15, 0.2) is 30.5 Å². The van der Waals surface area contributed by atoms with E-state index in [1.54, 1.807) is 27.7 Å². The molecule has 2 N–H and O–H groups in total. The largest absolute Gasteiger partial charge is 0.491 e. The first-order valence-corrected chi connectivity index (χ1v) is 6.75. The predicted octanol–water partition coefficient (Wildman–Crippen LogP) is 1.43. The fraction of sp³-hybridized carbons (Fsp3) is 0.467. The number of aromatic nitrogens is 1. The van der Waals surface area contributed by atoms with Crippen LogP contribution in [0.3, 0.4) is 0 Å². The summed E-state index contributed by atoms with van der Waals surface area (Å²) in [5, 5.41) is 21.5. The van der Waals surface area contributed by atoms with Crippen LogP contribution in [0.2, 0.25) is 0 Å². The number of benzene rings is 1. The predicted molar refractivity (Wildman–Crippen MR) is 82.0 cm³/mol. The van der Waals surface area contributed by atoms with Gasteiger partial charge in [-0.25, -0.2) is 0 Å². The first-order chi connectivity index (χ1) is 9.12. The van der Waals surface area contributed by atoms with Crippen molar-refractivity contribution in [2.75, 3.05) is 0 Å². The first kappa shape index (κ1) is 15.1. The average molecular weight is 275 g/mol. The van der Waals surface area contributed by atoms with Gasteiger partial charge in [-0.2, -0.15) is 0 Å². The van der Waals surface area contributed by atoms with E-state index in [0.29, 0.717) is 5.46 Å². The van der Waals surface area contributed by atoms with Gasteiger partial charge in [0.05, 0.1) is 11.2 Å². The summed E-state index contributed by atoms with van der Waals surface area (Å²) < 4.78 is 7.64. The summed E-state index contributed by atoms with van der Waals surface area (Å²) in [6.45, 7) is 6.86. The third kappa shape index (κ3) is 2.75. The zero-order valence-electron chi connectivity index (χ0n) is 12.7. The van der Waals surface area contributed by atoms with Crippen LogP contribution in [-0.2, 0) is 11.7 Å². The number of hydrogen-bond donors (Lipinski definition) is 2. The second-order valence-electron chi connectivity index (χ2n) is 6.28. The summed E-state index contributed by atoms with van der Waals surface area (Å²) >= 11 is 0. The van der Waals surface area contributed by atoms with Gasteiger partial charge in [0.25, 0.3) is 0 Å². The number of nitrogens with zero attached hydrogens (tertiary/aromatic N) is 1. The van der Waals surface area contributed by atoms with E-state index in [1.165, 1.54) is 0 Å². The van der Waals surface area contributed by atoms with Crippen molar-refractivity contribution in [3.8, 4) is 0 Å². The van der Waals surface area contributed by atoms with Crippen molar-refractivity contribution in [1.82, 2.24) is 4.57 Å². The van der Waals surface area contributed by atoms with Crippen LogP contribution >= 0.6 is 0 Å². The minimum Gasteiger partial charge on any atom is -0.423 e. The molecule has 0 saturated carbocycles. The lowest BCUT2D eigenvalue weighted by molar-refractivity contribution is -0.0982. The Morgan fingerprint density at radius 3 is 2.40 bits per heavy atom. The first-order valence-electron chi connectivity index (χ1n) is 6.75. The van der Waals surface area contributed by atoms with Gasteiger partial charge in [-0.3, -0.25) is 0 Å². The van der Waals surface area contributed by atoms with E-state index in [-0.39, 0.29) is 0 Å². The molecule has 1 aromatic carbocycles. The van der Waals surface area contributed by atoms with Crippen molar-refractivity contribution in [2.45, 2.75) is 38.9 Å². The summed E-state index contributed by atoms with van der Waals surface area (Å²) in [4.78, 5) is 0. The lowest BCUT2D eigenvalue weighted by Crippen LogP contribution is -2.53. The molecule has 0 radical (unpaired) electrons. The summed E-state index contributed by atoms with van der Waals surface area (Å²) in [7, 11) is 0.885. The second-order valence-corrected chi connectivity index (χ2v) is 6.28. The van der Waals surface area contributed by atoms with Crippen molar-refractivity contribution >= 4 is 23.5 Å². The molecule has 4 nitrogen and oxygen atoms in total. The Hall–Kier alpha value is -1.30. The summed E-state index contributed by atoms with van der Waals surface area (Å²) in [5.74, 6) is 0. The van der Waals surface area contributed by atoms with Gasteiger partial charge in [0.1, 0.15) is 0 Å². The Balaban J connectivity index is 2.27. The topological polar surface area (TPSA) is 54.6 Å². The molecule has 0 spiro atoms. The van der Waals surface area contributed by atoms with E-state index in [2.05, 4.69) is 0 Å². The smallest absolute Gasteiger partial charge is 0.423 e. The molecule has 0 aliphatic carbocycles. The van der Waals surface area contributed by atoms with Gasteiger partial charge in [-0.05, 0) is 50.7 Å². The van der Waals surface area contributed by atoms with Gasteiger partial charge >= 0.3 is 7.12 Å². The van der Waals surface area contributed by atoms with Gasteiger partial charge in [0.2, 0.25) is 0 Å². The monoisotopic (exact) mass is 275 g/mol. The molecule has 0 saturated heterocycles. The fourth-order valence-electron chi connectivity index (χ4n) is 1.92. The van der Waals surface area contributed by atoms with Crippen LogP contribution in [0, 0.1) is 0 Å². The molecule has 5 heteroatoms. The van der Waals surface area contributed by atoms with Crippen LogP contribution in [0.1, 0.15) is 27.7 Å². The molecular formula is C15H22BNO3. The van der Waals surface area contributed by atoms with E-state index < -0.39 is 18.3 Å². The Bertz CT molecular complexity index is 613. The van der Waals surface area contributed by atoms with E-state index in [4.69, 9.17) is 4.65 Å². The Labute approximate surface area is 120 Å². The molecule has 0 bridgehead atoms. The summed E-state index contributed by atoms with van der Waals surface area (Å²) in [6, 6.07) is 7.72. The maximum Gasteiger partial charge on any atom is 0.491 e. The standard InChI is InChI=1S/C15H22BNO3/c1-14(2,18)15(3,4)20-16(19)12-7-6-11-8-9-17(5)13(11)10-12/h6-10,18-19H,1-5H3. The van der Waals surface area contributed by atoms with Gasteiger partial charge < -0.3 is 19.4 Å². The lowest BCUT2D eigenvalue weighted by atomic mass is 9.76. The SMILES string of the molecule is Cn1ccc2ccc(B(O)OC(C)(C)C(C)(C)O)cc21. The van der Waals surface area contributed by atoms with Crippen molar-refractivity contribution in [3.05, 3.63) is 30.5 Å². The molecule has 20 heavy (non-hydrogen) atoms. The van der Waals surface area contributed by atoms with E-state index >= 15 is 0 Å². The summed E-state index contributed by atoms with van der Waals surface area (Å²) in [6.07, 6.45) is 1.97. The minimum absolute atomic E-state index is 0.677. The highest BCUT2D eigenvalue weighted by Gasteiger charge is 2.39. The van der Waals surface area contributed by atoms with Crippen molar-refractivity contribution in [1.29, 1.82) is 0 Å². The number of fused-ring (bicyclic) bond motifs is 1. The quantitative estimate of drug-likeness (QED) is 0.830. The molecule has 0 aliphatic rings. The third-order valence-corrected chi connectivity index (χ3v) is 4.08. The molecule has 1 aromatic heterocycles. The highest BCUT2D eigenvalue weighted by atomic mass is 16.5. The van der Waals surface area contributed by atoms with Crippen LogP contribution in [-0.4, -0.2) is 33.0 Å². The van der Waals surface area contributed by atoms with Gasteiger partial charge in [-0.1, -0.05) is 12.1 Å². The van der Waals surface area contributed by atoms with E-state index in [1.807, 2.05) is 42.1 Å². The number of aliphatic hydroxyl groups is 1. The van der Waals surface area contributed by atoms with Crippen molar-refractivity contribution < 1.29 is 14.8 Å². The highest BCUT2D eigenvalue weighted by Crippen LogP contribution is 2.25. The van der Waals surface area contributed by atoms with Crippen LogP contribution in [0.5, 0.6) is 0 Å². The molecule has 0 atom stereocenters. The van der Waals surface area contributed by atoms with Crippen LogP contribution in [0.4, 0.5) is 0 Å². The molecule has 2 rings (SSSR count). The second kappa shape index (κ2) is 4.92. The molecular weight excluding hydrogens is 253 g/mol. The Morgan fingerprint density at radius 1 is 1.15 bits per heavy atom. The normalized spacial score (nSPS) is 12.9. The lowest BCUT2D eigenvalue weighted by Gasteiger charge is -2.38. The zero-order valence-corrected chi connectivity index (χ0v) is 12.7. The van der Waals surface area contributed by atoms with Crippen LogP contribution in [0.25, 0.3) is 10.9 Å². The molecule has 2 aromatic rings.